The molecule has 1 aliphatic rings. The number of hydrogen-bond donors (Lipinski definition) is 0. The van der Waals surface area contributed by atoms with Crippen molar-refractivity contribution in [3.05, 3.63) is 0 Å². The topological polar surface area (TPSA) is 43.4 Å². The van der Waals surface area contributed by atoms with Crippen LogP contribution in [-0.4, -0.2) is 24.8 Å². The first kappa shape index (κ1) is 5.44. The van der Waals surface area contributed by atoms with Crippen LogP contribution in [0.15, 0.2) is 0 Å². The highest BCUT2D eigenvalue weighted by molar-refractivity contribution is 5.97. The molecule has 1 heterocycles. The van der Waals surface area contributed by atoms with Crippen molar-refractivity contribution in [2.75, 3.05) is 6.61 Å². The average Bonchev–Trinajstić information content (AvgIpc) is 2.14. The molecule has 44 valence electrons. The summed E-state index contributed by atoms with van der Waals surface area (Å²) in [6, 6.07) is 0. The molecule has 3 nitrogen and oxygen atoms in total. The van der Waals surface area contributed by atoms with Crippen LogP contribution >= 0.6 is 0 Å². The zero-order valence-electron chi connectivity index (χ0n) is 4.29. The van der Waals surface area contributed by atoms with Gasteiger partial charge in [-0.15, -0.1) is 0 Å². The fourth-order valence-electron chi connectivity index (χ4n) is 0.637. The lowest BCUT2D eigenvalue weighted by atomic mass is 10.2. The Hall–Kier alpha value is -0.700. The van der Waals surface area contributed by atoms with Gasteiger partial charge in [-0.1, -0.05) is 0 Å². The van der Waals surface area contributed by atoms with Crippen LogP contribution in [0.4, 0.5) is 0 Å². The molecule has 3 heteroatoms. The van der Waals surface area contributed by atoms with E-state index in [1.54, 1.807) is 0 Å². The number of ether oxygens (including phenoxy) is 1. The van der Waals surface area contributed by atoms with Gasteiger partial charge in [0.05, 0.1) is 6.61 Å². The van der Waals surface area contributed by atoms with Crippen LogP contribution in [0.1, 0.15) is 6.42 Å². The van der Waals surface area contributed by atoms with Crippen molar-refractivity contribution in [3.63, 3.8) is 0 Å². The molecule has 0 radical (unpaired) electrons. The molecule has 1 rings (SSSR count). The number of aldehydes is 1. The molecule has 1 atom stereocenters. The summed E-state index contributed by atoms with van der Waals surface area (Å²) >= 11 is 0. The van der Waals surface area contributed by atoms with E-state index in [0.29, 0.717) is 19.3 Å². The summed E-state index contributed by atoms with van der Waals surface area (Å²) < 4.78 is 4.70. The van der Waals surface area contributed by atoms with E-state index in [4.69, 9.17) is 4.74 Å². The standard InChI is InChI=1S/C5H6O3/c6-3-5-4(7)1-2-8-5/h3,5H,1-2H2. The maximum absolute atomic E-state index is 10.4. The minimum absolute atomic E-state index is 0.0972. The van der Waals surface area contributed by atoms with Crippen molar-refractivity contribution in [1.29, 1.82) is 0 Å². The Kier molecular flexibility index (Phi) is 1.39. The van der Waals surface area contributed by atoms with Crippen molar-refractivity contribution in [3.8, 4) is 0 Å². The second-order valence-corrected chi connectivity index (χ2v) is 1.64. The normalized spacial score (nSPS) is 28.5. The minimum Gasteiger partial charge on any atom is -0.362 e. The molecular formula is C5H6O3. The van der Waals surface area contributed by atoms with Gasteiger partial charge in [0.15, 0.2) is 18.2 Å². The van der Waals surface area contributed by atoms with E-state index in [2.05, 4.69) is 0 Å². The SMILES string of the molecule is O=CC1OCCC1=O. The van der Waals surface area contributed by atoms with Crippen molar-refractivity contribution < 1.29 is 14.3 Å². The molecule has 1 aliphatic heterocycles. The molecule has 8 heavy (non-hydrogen) atoms. The number of carbonyl (C=O) groups is 2. The second kappa shape index (κ2) is 2.05. The second-order valence-electron chi connectivity index (χ2n) is 1.64. The first-order chi connectivity index (χ1) is 3.84. The fourth-order valence-corrected chi connectivity index (χ4v) is 0.637. The lowest BCUT2D eigenvalue weighted by Crippen LogP contribution is -2.15. The molecule has 0 aliphatic carbocycles. The van der Waals surface area contributed by atoms with Gasteiger partial charge < -0.3 is 4.74 Å². The van der Waals surface area contributed by atoms with Gasteiger partial charge in [0.1, 0.15) is 0 Å². The van der Waals surface area contributed by atoms with Gasteiger partial charge in [0.2, 0.25) is 0 Å². The van der Waals surface area contributed by atoms with Gasteiger partial charge in [-0.25, -0.2) is 0 Å². The highest BCUT2D eigenvalue weighted by Gasteiger charge is 2.23. The zero-order valence-corrected chi connectivity index (χ0v) is 4.29. The summed E-state index contributed by atoms with van der Waals surface area (Å²) in [5.74, 6) is -0.0972. The number of ketones is 1. The predicted molar refractivity (Wildman–Crippen MR) is 25.4 cm³/mol. The molecule has 1 unspecified atom stereocenters. The van der Waals surface area contributed by atoms with Crippen LogP contribution in [-0.2, 0) is 14.3 Å². The largest absolute Gasteiger partial charge is 0.362 e. The van der Waals surface area contributed by atoms with Crippen molar-refractivity contribution in [2.24, 2.45) is 0 Å². The van der Waals surface area contributed by atoms with Crippen LogP contribution in [0.3, 0.4) is 0 Å². The quantitative estimate of drug-likeness (QED) is 0.342. The van der Waals surface area contributed by atoms with Gasteiger partial charge in [0.25, 0.3) is 0 Å². The number of carbonyl (C=O) groups excluding carboxylic acids is 2. The first-order valence-electron chi connectivity index (χ1n) is 2.44. The molecule has 1 fully saturated rings. The molecule has 0 aromatic carbocycles. The molecule has 1 saturated heterocycles. The van der Waals surface area contributed by atoms with Crippen molar-refractivity contribution >= 4 is 12.1 Å². The third-order valence-electron chi connectivity index (χ3n) is 1.09. The Morgan fingerprint density at radius 3 is 2.75 bits per heavy atom. The highest BCUT2D eigenvalue weighted by Crippen LogP contribution is 2.04. The number of rotatable bonds is 1. The Bertz CT molecular complexity index is 119. The third-order valence-corrected chi connectivity index (χ3v) is 1.09. The van der Waals surface area contributed by atoms with Crippen LogP contribution in [0.25, 0.3) is 0 Å². The van der Waals surface area contributed by atoms with Gasteiger partial charge in [-0.3, -0.25) is 9.59 Å². The van der Waals surface area contributed by atoms with Crippen molar-refractivity contribution in [2.45, 2.75) is 12.5 Å². The molecule has 0 saturated carbocycles. The van der Waals surface area contributed by atoms with E-state index < -0.39 is 6.10 Å². The van der Waals surface area contributed by atoms with Crippen molar-refractivity contribution in [1.82, 2.24) is 0 Å². The molecule has 0 aromatic rings. The molecule has 0 bridgehead atoms. The Morgan fingerprint density at radius 1 is 1.75 bits per heavy atom. The van der Waals surface area contributed by atoms with Crippen LogP contribution in [0, 0.1) is 0 Å². The Labute approximate surface area is 46.6 Å². The van der Waals surface area contributed by atoms with E-state index in [1.807, 2.05) is 0 Å². The molecule has 0 aromatic heterocycles. The summed E-state index contributed by atoms with van der Waals surface area (Å²) in [6.07, 6.45) is 0.175. The van der Waals surface area contributed by atoms with E-state index >= 15 is 0 Å². The smallest absolute Gasteiger partial charge is 0.171 e. The predicted octanol–water partition coefficient (Wildman–Crippen LogP) is -0.457. The van der Waals surface area contributed by atoms with Gasteiger partial charge in [-0.2, -0.15) is 0 Å². The third kappa shape index (κ3) is 0.767. The average molecular weight is 114 g/mol. The first-order valence-corrected chi connectivity index (χ1v) is 2.44. The fraction of sp³-hybridized carbons (Fsp3) is 0.600. The van der Waals surface area contributed by atoms with Gasteiger partial charge in [0, 0.05) is 6.42 Å². The monoisotopic (exact) mass is 114 g/mol. The zero-order chi connectivity index (χ0) is 5.98. The minimum atomic E-state index is -0.755. The van der Waals surface area contributed by atoms with E-state index in [9.17, 15) is 9.59 Å². The molecular weight excluding hydrogens is 108 g/mol. The van der Waals surface area contributed by atoms with Crippen LogP contribution in [0.2, 0.25) is 0 Å². The Morgan fingerprint density at radius 2 is 2.50 bits per heavy atom. The van der Waals surface area contributed by atoms with Crippen LogP contribution < -0.4 is 0 Å². The summed E-state index contributed by atoms with van der Waals surface area (Å²) in [5, 5.41) is 0. The maximum Gasteiger partial charge on any atom is 0.171 e. The summed E-state index contributed by atoms with van der Waals surface area (Å²) in [4.78, 5) is 20.3. The molecule has 0 N–H and O–H groups in total. The lowest BCUT2D eigenvalue weighted by molar-refractivity contribution is -0.128. The van der Waals surface area contributed by atoms with E-state index in [1.165, 1.54) is 0 Å². The highest BCUT2D eigenvalue weighted by atomic mass is 16.5. The maximum atomic E-state index is 10.4. The van der Waals surface area contributed by atoms with E-state index in [0.717, 1.165) is 0 Å². The van der Waals surface area contributed by atoms with Gasteiger partial charge >= 0.3 is 0 Å². The summed E-state index contributed by atoms with van der Waals surface area (Å²) in [6.45, 7) is 0.405. The summed E-state index contributed by atoms with van der Waals surface area (Å²) in [7, 11) is 0. The number of Topliss-reactive ketones (excluding diaryl/α,β-unsaturated/α-hetero) is 1. The van der Waals surface area contributed by atoms with Crippen LogP contribution in [0.5, 0.6) is 0 Å². The Balaban J connectivity index is 2.54. The van der Waals surface area contributed by atoms with E-state index in [-0.39, 0.29) is 5.78 Å². The summed E-state index contributed by atoms with van der Waals surface area (Å²) in [5.41, 5.74) is 0. The molecule has 0 spiro atoms. The lowest BCUT2D eigenvalue weighted by Gasteiger charge is -1.92. The molecule has 0 amide bonds. The van der Waals surface area contributed by atoms with Gasteiger partial charge in [-0.05, 0) is 0 Å². The number of hydrogen-bond acceptors (Lipinski definition) is 3.